The number of hydrogen-bond acceptors (Lipinski definition) is 1. The quantitative estimate of drug-likeness (QED) is 0.623. The predicted octanol–water partition coefficient (Wildman–Crippen LogP) is 3.67. The number of halogens is 1. The Bertz CT molecular complexity index is 115. The van der Waals surface area contributed by atoms with Crippen molar-refractivity contribution in [3.8, 4) is 0 Å². The van der Waals surface area contributed by atoms with Crippen molar-refractivity contribution in [2.24, 2.45) is 0 Å². The minimum absolute atomic E-state index is 0.681. The van der Waals surface area contributed by atoms with E-state index >= 15 is 0 Å². The predicted molar refractivity (Wildman–Crippen MR) is 64.6 cm³/mol. The maximum absolute atomic E-state index is 3.49. The van der Waals surface area contributed by atoms with E-state index in [1.165, 1.54) is 25.8 Å². The van der Waals surface area contributed by atoms with Gasteiger partial charge in [0, 0.05) is 17.4 Å². The second-order valence-electron chi connectivity index (χ2n) is 4.01. The van der Waals surface area contributed by atoms with Crippen LogP contribution >= 0.6 is 15.9 Å². The zero-order chi connectivity index (χ0) is 10.3. The van der Waals surface area contributed by atoms with Crippen LogP contribution in [0.5, 0.6) is 0 Å². The van der Waals surface area contributed by atoms with Crippen molar-refractivity contribution in [3.05, 3.63) is 0 Å². The first-order valence-corrected chi connectivity index (χ1v) is 6.57. The lowest BCUT2D eigenvalue weighted by atomic mass is 10.1. The van der Waals surface area contributed by atoms with Crippen molar-refractivity contribution < 1.29 is 0 Å². The molecule has 0 rings (SSSR count). The molecule has 0 saturated heterocycles. The van der Waals surface area contributed by atoms with Gasteiger partial charge in [-0.15, -0.1) is 0 Å². The van der Waals surface area contributed by atoms with E-state index in [1.807, 2.05) is 0 Å². The fourth-order valence-electron chi connectivity index (χ4n) is 1.81. The maximum Gasteiger partial charge on any atom is 0.00695 e. The number of nitrogens with zero attached hydrogens (tertiary/aromatic N) is 1. The zero-order valence-electron chi connectivity index (χ0n) is 9.52. The summed E-state index contributed by atoms with van der Waals surface area (Å²) in [7, 11) is 0. The summed E-state index contributed by atoms with van der Waals surface area (Å²) >= 11 is 3.49. The molecule has 2 heteroatoms. The molecule has 0 saturated carbocycles. The van der Waals surface area contributed by atoms with Crippen LogP contribution in [0.4, 0.5) is 0 Å². The molecule has 0 amide bonds. The Morgan fingerprint density at radius 2 is 1.85 bits per heavy atom. The second-order valence-corrected chi connectivity index (χ2v) is 4.80. The summed E-state index contributed by atoms with van der Waals surface area (Å²) in [6, 6.07) is 1.42. The van der Waals surface area contributed by atoms with Gasteiger partial charge in [0.1, 0.15) is 0 Å². The Morgan fingerprint density at radius 3 is 2.23 bits per heavy atom. The van der Waals surface area contributed by atoms with Crippen molar-refractivity contribution in [1.29, 1.82) is 0 Å². The average Bonchev–Trinajstić information content (AvgIpc) is 2.05. The second kappa shape index (κ2) is 7.81. The van der Waals surface area contributed by atoms with Gasteiger partial charge in [-0.1, -0.05) is 29.3 Å². The highest BCUT2D eigenvalue weighted by molar-refractivity contribution is 9.09. The van der Waals surface area contributed by atoms with Gasteiger partial charge in [-0.25, -0.2) is 0 Å². The zero-order valence-corrected chi connectivity index (χ0v) is 11.1. The van der Waals surface area contributed by atoms with Crippen LogP contribution in [0.3, 0.4) is 0 Å². The van der Waals surface area contributed by atoms with Crippen LogP contribution < -0.4 is 0 Å². The first-order chi connectivity index (χ1) is 6.13. The van der Waals surface area contributed by atoms with Crippen LogP contribution in [0.2, 0.25) is 0 Å². The summed E-state index contributed by atoms with van der Waals surface area (Å²) in [5, 5.41) is 1.12. The van der Waals surface area contributed by atoms with Crippen molar-refractivity contribution in [3.63, 3.8) is 0 Å². The van der Waals surface area contributed by atoms with Gasteiger partial charge in [0.25, 0.3) is 0 Å². The van der Waals surface area contributed by atoms with E-state index in [9.17, 15) is 0 Å². The van der Waals surface area contributed by atoms with Gasteiger partial charge in [0.2, 0.25) is 0 Å². The van der Waals surface area contributed by atoms with E-state index < -0.39 is 0 Å². The van der Waals surface area contributed by atoms with Crippen molar-refractivity contribution in [1.82, 2.24) is 4.90 Å². The molecule has 0 aliphatic heterocycles. The molecule has 0 bridgehead atoms. The van der Waals surface area contributed by atoms with Crippen molar-refractivity contribution >= 4 is 15.9 Å². The van der Waals surface area contributed by atoms with Crippen LogP contribution in [-0.4, -0.2) is 28.9 Å². The SMILES string of the molecule is CCCC(C)N(CCCBr)C(C)C. The lowest BCUT2D eigenvalue weighted by molar-refractivity contribution is 0.156. The molecular weight excluding hydrogens is 226 g/mol. The molecule has 1 unspecified atom stereocenters. The van der Waals surface area contributed by atoms with Gasteiger partial charge in [0.05, 0.1) is 0 Å². The molecule has 0 aliphatic rings. The molecule has 0 spiro atoms. The molecule has 0 aromatic carbocycles. The number of hydrogen-bond donors (Lipinski definition) is 0. The summed E-state index contributed by atoms with van der Waals surface area (Å²) in [6.45, 7) is 10.4. The monoisotopic (exact) mass is 249 g/mol. The average molecular weight is 250 g/mol. The largest absolute Gasteiger partial charge is 0.298 e. The molecule has 1 nitrogen and oxygen atoms in total. The Balaban J connectivity index is 3.91. The summed E-state index contributed by atoms with van der Waals surface area (Å²) in [6.07, 6.45) is 3.87. The van der Waals surface area contributed by atoms with Gasteiger partial charge in [-0.05, 0) is 40.2 Å². The van der Waals surface area contributed by atoms with Crippen LogP contribution in [0, 0.1) is 0 Å². The molecule has 13 heavy (non-hydrogen) atoms. The van der Waals surface area contributed by atoms with E-state index in [2.05, 4.69) is 48.5 Å². The maximum atomic E-state index is 3.49. The first kappa shape index (κ1) is 13.4. The highest BCUT2D eigenvalue weighted by Gasteiger charge is 2.15. The number of alkyl halides is 1. The minimum Gasteiger partial charge on any atom is -0.298 e. The Morgan fingerprint density at radius 1 is 1.23 bits per heavy atom. The van der Waals surface area contributed by atoms with E-state index in [4.69, 9.17) is 0 Å². The molecule has 0 aliphatic carbocycles. The molecule has 80 valence electrons. The fourth-order valence-corrected chi connectivity index (χ4v) is 2.06. The standard InChI is InChI=1S/C11H24BrN/c1-5-7-11(4)13(10(2)3)9-6-8-12/h10-11H,5-9H2,1-4H3. The smallest absolute Gasteiger partial charge is 0.00695 e. The molecule has 0 aromatic heterocycles. The van der Waals surface area contributed by atoms with E-state index in [0.717, 1.165) is 11.4 Å². The highest BCUT2D eigenvalue weighted by atomic mass is 79.9. The third-order valence-corrected chi connectivity index (χ3v) is 3.05. The highest BCUT2D eigenvalue weighted by Crippen LogP contribution is 2.11. The summed E-state index contributed by atoms with van der Waals surface area (Å²) < 4.78 is 0. The van der Waals surface area contributed by atoms with Gasteiger partial charge in [-0.3, -0.25) is 4.90 Å². The van der Waals surface area contributed by atoms with E-state index in [0.29, 0.717) is 6.04 Å². The lowest BCUT2D eigenvalue weighted by Gasteiger charge is -2.32. The third-order valence-electron chi connectivity index (χ3n) is 2.49. The lowest BCUT2D eigenvalue weighted by Crippen LogP contribution is -2.39. The normalized spacial score (nSPS) is 14.1. The first-order valence-electron chi connectivity index (χ1n) is 5.45. The van der Waals surface area contributed by atoms with Gasteiger partial charge < -0.3 is 0 Å². The number of rotatable bonds is 7. The van der Waals surface area contributed by atoms with E-state index in [1.54, 1.807) is 0 Å². The van der Waals surface area contributed by atoms with Gasteiger partial charge >= 0.3 is 0 Å². The van der Waals surface area contributed by atoms with Crippen LogP contribution in [0.1, 0.15) is 47.0 Å². The Kier molecular flexibility index (Phi) is 8.07. The minimum atomic E-state index is 0.681. The third kappa shape index (κ3) is 5.69. The molecule has 1 atom stereocenters. The molecule has 0 fully saturated rings. The molecule has 0 heterocycles. The van der Waals surface area contributed by atoms with Crippen LogP contribution in [0.15, 0.2) is 0 Å². The Labute approximate surface area is 92.0 Å². The molecular formula is C11H24BrN. The van der Waals surface area contributed by atoms with Crippen LogP contribution in [0.25, 0.3) is 0 Å². The van der Waals surface area contributed by atoms with Crippen LogP contribution in [-0.2, 0) is 0 Å². The van der Waals surface area contributed by atoms with E-state index in [-0.39, 0.29) is 0 Å². The summed E-state index contributed by atoms with van der Waals surface area (Å²) in [4.78, 5) is 2.60. The summed E-state index contributed by atoms with van der Waals surface area (Å²) in [5.41, 5.74) is 0. The van der Waals surface area contributed by atoms with Gasteiger partial charge in [0.15, 0.2) is 0 Å². The molecule has 0 aromatic rings. The Hall–Kier alpha value is 0.440. The summed E-state index contributed by atoms with van der Waals surface area (Å²) in [5.74, 6) is 0. The van der Waals surface area contributed by atoms with Gasteiger partial charge in [-0.2, -0.15) is 0 Å². The van der Waals surface area contributed by atoms with Crippen molar-refractivity contribution in [2.45, 2.75) is 59.0 Å². The topological polar surface area (TPSA) is 3.24 Å². The molecule has 0 N–H and O–H groups in total. The fraction of sp³-hybridized carbons (Fsp3) is 1.00. The molecule has 0 radical (unpaired) electrons. The van der Waals surface area contributed by atoms with Crippen molar-refractivity contribution in [2.75, 3.05) is 11.9 Å².